The highest BCUT2D eigenvalue weighted by molar-refractivity contribution is 5.99. The Hall–Kier alpha value is -1.57. The lowest BCUT2D eigenvalue weighted by molar-refractivity contribution is -0.122. The molecule has 0 atom stereocenters. The molecule has 0 unspecified atom stereocenters. The van der Waals surface area contributed by atoms with Crippen molar-refractivity contribution in [3.63, 3.8) is 0 Å². The molecule has 0 radical (unpaired) electrons. The number of hydrogen-bond donors (Lipinski definition) is 0. The Bertz CT molecular complexity index is 380. The number of carbonyl (C=O) groups is 1. The van der Waals surface area contributed by atoms with Crippen molar-refractivity contribution in [1.82, 2.24) is 0 Å². The molecule has 1 aliphatic rings. The summed E-state index contributed by atoms with van der Waals surface area (Å²) in [4.78, 5) is 13.1. The number of nitrogens with zero attached hydrogens (tertiary/aromatic N) is 1. The lowest BCUT2D eigenvalue weighted by Gasteiger charge is -2.30. The molecule has 1 aromatic rings. The van der Waals surface area contributed by atoms with Crippen LogP contribution < -0.4 is 4.90 Å². The lowest BCUT2D eigenvalue weighted by atomic mass is 10.1. The van der Waals surface area contributed by atoms with Gasteiger partial charge in [-0.2, -0.15) is 0 Å². The number of hydrogen-bond acceptors (Lipinski definition) is 1. The SMILES string of the molecule is C=CCCCc1ccc(N2CCC2=O)cc1. The fourth-order valence-electron chi connectivity index (χ4n) is 1.88. The Morgan fingerprint density at radius 2 is 2.06 bits per heavy atom. The summed E-state index contributed by atoms with van der Waals surface area (Å²) >= 11 is 0. The molecule has 2 heteroatoms. The highest BCUT2D eigenvalue weighted by atomic mass is 16.2. The molecule has 0 aliphatic carbocycles. The van der Waals surface area contributed by atoms with E-state index in [0.717, 1.165) is 31.5 Å². The van der Waals surface area contributed by atoms with E-state index in [0.29, 0.717) is 6.42 Å². The van der Waals surface area contributed by atoms with Crippen LogP contribution in [0.4, 0.5) is 5.69 Å². The fraction of sp³-hybridized carbons (Fsp3) is 0.357. The molecule has 1 heterocycles. The first kappa shape index (κ1) is 10.9. The van der Waals surface area contributed by atoms with Crippen molar-refractivity contribution >= 4 is 11.6 Å². The molecule has 1 amide bonds. The highest BCUT2D eigenvalue weighted by Crippen LogP contribution is 2.22. The third-order valence-electron chi connectivity index (χ3n) is 2.97. The summed E-state index contributed by atoms with van der Waals surface area (Å²) in [7, 11) is 0. The molecule has 0 N–H and O–H groups in total. The van der Waals surface area contributed by atoms with Crippen molar-refractivity contribution in [2.75, 3.05) is 11.4 Å². The summed E-state index contributed by atoms with van der Waals surface area (Å²) in [6, 6.07) is 8.31. The van der Waals surface area contributed by atoms with Crippen LogP contribution in [0.15, 0.2) is 36.9 Å². The van der Waals surface area contributed by atoms with Crippen molar-refractivity contribution in [1.29, 1.82) is 0 Å². The van der Waals surface area contributed by atoms with E-state index in [1.54, 1.807) is 0 Å². The van der Waals surface area contributed by atoms with Gasteiger partial charge in [0.1, 0.15) is 0 Å². The molecule has 84 valence electrons. The normalized spacial score (nSPS) is 14.8. The molecule has 1 aliphatic heterocycles. The second kappa shape index (κ2) is 4.97. The van der Waals surface area contributed by atoms with Gasteiger partial charge in [0, 0.05) is 18.7 Å². The van der Waals surface area contributed by atoms with Crippen LogP contribution in [-0.4, -0.2) is 12.5 Å². The van der Waals surface area contributed by atoms with Gasteiger partial charge in [-0.3, -0.25) is 4.79 Å². The Labute approximate surface area is 96.6 Å². The van der Waals surface area contributed by atoms with Gasteiger partial charge in [-0.15, -0.1) is 6.58 Å². The molecule has 2 nitrogen and oxygen atoms in total. The largest absolute Gasteiger partial charge is 0.312 e. The number of allylic oxidation sites excluding steroid dienone is 1. The van der Waals surface area contributed by atoms with E-state index in [1.807, 2.05) is 23.1 Å². The fourth-order valence-corrected chi connectivity index (χ4v) is 1.88. The third-order valence-corrected chi connectivity index (χ3v) is 2.97. The van der Waals surface area contributed by atoms with Crippen LogP contribution in [0.2, 0.25) is 0 Å². The van der Waals surface area contributed by atoms with Gasteiger partial charge in [0.25, 0.3) is 0 Å². The van der Waals surface area contributed by atoms with E-state index < -0.39 is 0 Å². The van der Waals surface area contributed by atoms with Gasteiger partial charge < -0.3 is 4.90 Å². The molecule has 1 aromatic carbocycles. The standard InChI is InChI=1S/C14H17NO/c1-2-3-4-5-12-6-8-13(9-7-12)15-11-10-14(15)16/h2,6-9H,1,3-5,10-11H2. The number of anilines is 1. The topological polar surface area (TPSA) is 20.3 Å². The summed E-state index contributed by atoms with van der Waals surface area (Å²) in [6.45, 7) is 4.58. The van der Waals surface area contributed by atoms with Crippen LogP contribution in [0.3, 0.4) is 0 Å². The Kier molecular flexibility index (Phi) is 3.40. The highest BCUT2D eigenvalue weighted by Gasteiger charge is 2.24. The molecule has 0 saturated carbocycles. The van der Waals surface area contributed by atoms with Crippen LogP contribution in [0.25, 0.3) is 0 Å². The third kappa shape index (κ3) is 2.32. The second-order valence-corrected chi connectivity index (χ2v) is 4.14. The monoisotopic (exact) mass is 215 g/mol. The van der Waals surface area contributed by atoms with Crippen LogP contribution in [0, 0.1) is 0 Å². The number of β-lactam (4-membered cyclic amide) rings is 1. The summed E-state index contributed by atoms with van der Waals surface area (Å²) < 4.78 is 0. The first-order valence-corrected chi connectivity index (χ1v) is 5.81. The van der Waals surface area contributed by atoms with Crippen LogP contribution in [0.5, 0.6) is 0 Å². The van der Waals surface area contributed by atoms with Gasteiger partial charge in [-0.25, -0.2) is 0 Å². The summed E-state index contributed by atoms with van der Waals surface area (Å²) in [5.41, 5.74) is 2.36. The average Bonchev–Trinajstić information content (AvgIpc) is 2.30. The minimum atomic E-state index is 0.236. The van der Waals surface area contributed by atoms with Crippen LogP contribution in [0.1, 0.15) is 24.8 Å². The van der Waals surface area contributed by atoms with Crippen molar-refractivity contribution in [3.8, 4) is 0 Å². The minimum Gasteiger partial charge on any atom is -0.312 e. The number of aryl methyl sites for hydroxylation is 1. The number of rotatable bonds is 5. The van der Waals surface area contributed by atoms with Crippen molar-refractivity contribution in [2.45, 2.75) is 25.7 Å². The number of unbranched alkanes of at least 4 members (excludes halogenated alkanes) is 1. The number of carbonyl (C=O) groups excluding carboxylic acids is 1. The predicted molar refractivity (Wildman–Crippen MR) is 66.5 cm³/mol. The zero-order valence-corrected chi connectivity index (χ0v) is 9.48. The van der Waals surface area contributed by atoms with Crippen molar-refractivity contribution in [2.24, 2.45) is 0 Å². The van der Waals surface area contributed by atoms with E-state index in [9.17, 15) is 4.79 Å². The molecule has 0 bridgehead atoms. The molecular formula is C14H17NO. The number of amides is 1. The molecular weight excluding hydrogens is 198 g/mol. The summed E-state index contributed by atoms with van der Waals surface area (Å²) in [5.74, 6) is 0.236. The minimum absolute atomic E-state index is 0.236. The van der Waals surface area contributed by atoms with E-state index >= 15 is 0 Å². The maximum Gasteiger partial charge on any atom is 0.228 e. The summed E-state index contributed by atoms with van der Waals surface area (Å²) in [6.07, 6.45) is 5.94. The first-order valence-electron chi connectivity index (χ1n) is 5.81. The Morgan fingerprint density at radius 1 is 1.31 bits per heavy atom. The van der Waals surface area contributed by atoms with Gasteiger partial charge in [0.05, 0.1) is 0 Å². The van der Waals surface area contributed by atoms with Crippen LogP contribution in [-0.2, 0) is 11.2 Å². The molecule has 0 aromatic heterocycles. The predicted octanol–water partition coefficient (Wildman–Crippen LogP) is 2.93. The maximum absolute atomic E-state index is 11.2. The van der Waals surface area contributed by atoms with Gasteiger partial charge in [0.15, 0.2) is 0 Å². The molecule has 2 rings (SSSR count). The second-order valence-electron chi connectivity index (χ2n) is 4.14. The first-order chi connectivity index (χ1) is 7.81. The molecule has 1 saturated heterocycles. The quantitative estimate of drug-likeness (QED) is 0.420. The van der Waals surface area contributed by atoms with Gasteiger partial charge in [-0.1, -0.05) is 18.2 Å². The van der Waals surface area contributed by atoms with Crippen molar-refractivity contribution < 1.29 is 4.79 Å². The average molecular weight is 215 g/mol. The Balaban J connectivity index is 1.93. The summed E-state index contributed by atoms with van der Waals surface area (Å²) in [5, 5.41) is 0. The van der Waals surface area contributed by atoms with Gasteiger partial charge in [0.2, 0.25) is 5.91 Å². The van der Waals surface area contributed by atoms with Crippen molar-refractivity contribution in [3.05, 3.63) is 42.5 Å². The van der Waals surface area contributed by atoms with E-state index in [2.05, 4.69) is 18.7 Å². The molecule has 16 heavy (non-hydrogen) atoms. The van der Waals surface area contributed by atoms with E-state index in [4.69, 9.17) is 0 Å². The number of benzene rings is 1. The molecule has 1 fully saturated rings. The Morgan fingerprint density at radius 3 is 2.56 bits per heavy atom. The van der Waals surface area contributed by atoms with Crippen LogP contribution >= 0.6 is 0 Å². The maximum atomic E-state index is 11.2. The van der Waals surface area contributed by atoms with Gasteiger partial charge in [-0.05, 0) is 37.0 Å². The molecule has 0 spiro atoms. The zero-order valence-electron chi connectivity index (χ0n) is 9.48. The lowest BCUT2D eigenvalue weighted by Crippen LogP contribution is -2.43. The van der Waals surface area contributed by atoms with Gasteiger partial charge >= 0.3 is 0 Å². The van der Waals surface area contributed by atoms with E-state index in [1.165, 1.54) is 5.56 Å². The zero-order chi connectivity index (χ0) is 11.4. The smallest absolute Gasteiger partial charge is 0.228 e. The van der Waals surface area contributed by atoms with E-state index in [-0.39, 0.29) is 5.91 Å².